The number of amides is 1. The average molecular weight is 470 g/mol. The third-order valence-corrected chi connectivity index (χ3v) is 7.54. The van der Waals surface area contributed by atoms with Gasteiger partial charge < -0.3 is 9.84 Å². The van der Waals surface area contributed by atoms with Gasteiger partial charge in [0.05, 0.1) is 4.90 Å². The van der Waals surface area contributed by atoms with Gasteiger partial charge in [-0.15, -0.1) is 0 Å². The van der Waals surface area contributed by atoms with Gasteiger partial charge in [0.25, 0.3) is 5.91 Å². The van der Waals surface area contributed by atoms with Gasteiger partial charge in [0.15, 0.2) is 0 Å². The average Bonchev–Trinajstić information content (AvgIpc) is 3.33. The van der Waals surface area contributed by atoms with Crippen LogP contribution in [-0.4, -0.2) is 46.8 Å². The van der Waals surface area contributed by atoms with Crippen molar-refractivity contribution in [1.82, 2.24) is 24.7 Å². The second-order valence-electron chi connectivity index (χ2n) is 8.38. The number of hydrogen-bond acceptors (Lipinski definition) is 7. The first-order chi connectivity index (χ1) is 15.9. The number of carbonyl (C=O) groups is 1. The Bertz CT molecular complexity index is 1200. The van der Waals surface area contributed by atoms with Crippen molar-refractivity contribution >= 4 is 15.9 Å². The van der Waals surface area contributed by atoms with E-state index in [1.807, 2.05) is 13.8 Å². The molecule has 0 bridgehead atoms. The van der Waals surface area contributed by atoms with Crippen molar-refractivity contribution < 1.29 is 17.7 Å². The van der Waals surface area contributed by atoms with E-state index in [1.54, 1.807) is 36.7 Å². The molecule has 0 saturated carbocycles. The number of sulfonamides is 1. The van der Waals surface area contributed by atoms with Crippen molar-refractivity contribution in [2.75, 3.05) is 13.1 Å². The summed E-state index contributed by atoms with van der Waals surface area (Å²) in [5.41, 5.74) is 1.01. The van der Waals surface area contributed by atoms with Gasteiger partial charge in [-0.1, -0.05) is 31.5 Å². The molecule has 1 atom stereocenters. The molecular formula is C23H27N5O4S. The van der Waals surface area contributed by atoms with E-state index in [-0.39, 0.29) is 22.3 Å². The van der Waals surface area contributed by atoms with E-state index in [0.717, 1.165) is 24.8 Å². The first-order valence-corrected chi connectivity index (χ1v) is 12.5. The number of rotatable bonds is 7. The first kappa shape index (κ1) is 23.1. The number of nitrogens with zero attached hydrogens (tertiary/aromatic N) is 4. The summed E-state index contributed by atoms with van der Waals surface area (Å²) in [6.07, 6.45) is 6.00. The molecule has 1 aliphatic heterocycles. The molecule has 1 amide bonds. The van der Waals surface area contributed by atoms with Crippen molar-refractivity contribution in [1.29, 1.82) is 0 Å². The van der Waals surface area contributed by atoms with E-state index in [9.17, 15) is 13.2 Å². The molecule has 1 N–H and O–H groups in total. The number of aromatic nitrogens is 3. The molecule has 1 aromatic carbocycles. The number of benzene rings is 1. The maximum atomic E-state index is 13.0. The zero-order valence-corrected chi connectivity index (χ0v) is 19.5. The molecule has 3 heterocycles. The molecule has 3 aromatic rings. The highest BCUT2D eigenvalue weighted by molar-refractivity contribution is 7.89. The number of carbonyl (C=O) groups excluding carboxylic acids is 1. The fourth-order valence-electron chi connectivity index (χ4n) is 3.77. The van der Waals surface area contributed by atoms with Crippen molar-refractivity contribution in [2.24, 2.45) is 5.92 Å². The molecule has 0 spiro atoms. The van der Waals surface area contributed by atoms with E-state index < -0.39 is 22.0 Å². The Morgan fingerprint density at radius 3 is 2.52 bits per heavy atom. The van der Waals surface area contributed by atoms with Crippen LogP contribution in [0.1, 0.15) is 55.4 Å². The summed E-state index contributed by atoms with van der Waals surface area (Å²) in [6, 6.07) is 9.13. The van der Waals surface area contributed by atoms with E-state index >= 15 is 0 Å². The monoisotopic (exact) mass is 469 g/mol. The molecule has 2 aromatic heterocycles. The summed E-state index contributed by atoms with van der Waals surface area (Å²) in [5, 5.41) is 6.93. The van der Waals surface area contributed by atoms with Crippen LogP contribution in [0, 0.1) is 5.92 Å². The fourth-order valence-corrected chi connectivity index (χ4v) is 5.33. The van der Waals surface area contributed by atoms with Gasteiger partial charge in [-0.25, -0.2) is 8.42 Å². The number of piperidine rings is 1. The highest BCUT2D eigenvalue weighted by atomic mass is 32.2. The van der Waals surface area contributed by atoms with Crippen molar-refractivity contribution in [3.05, 3.63) is 60.2 Å². The SMILES string of the molecule is CC(C)C(NC(=O)c1cccc(S(=O)(=O)N2CCCCC2)c1)c1nc(-c2ccncc2)no1. The third kappa shape index (κ3) is 5.12. The van der Waals surface area contributed by atoms with Crippen molar-refractivity contribution in [2.45, 2.75) is 44.0 Å². The Labute approximate surface area is 193 Å². The van der Waals surface area contributed by atoms with Crippen LogP contribution in [0.25, 0.3) is 11.4 Å². The number of pyridine rings is 1. The van der Waals surface area contributed by atoms with Crippen molar-refractivity contribution in [3.63, 3.8) is 0 Å². The van der Waals surface area contributed by atoms with E-state index in [1.165, 1.54) is 16.4 Å². The van der Waals surface area contributed by atoms with Gasteiger partial charge in [0, 0.05) is 36.6 Å². The van der Waals surface area contributed by atoms with Crippen LogP contribution in [0.4, 0.5) is 0 Å². The highest BCUT2D eigenvalue weighted by Crippen LogP contribution is 2.25. The van der Waals surface area contributed by atoms with Crippen LogP contribution < -0.4 is 5.32 Å². The molecule has 0 radical (unpaired) electrons. The van der Waals surface area contributed by atoms with E-state index in [0.29, 0.717) is 18.9 Å². The largest absolute Gasteiger partial charge is 0.340 e. The van der Waals surface area contributed by atoms with Crippen LogP contribution in [0.3, 0.4) is 0 Å². The summed E-state index contributed by atoms with van der Waals surface area (Å²) < 4.78 is 32.9. The summed E-state index contributed by atoms with van der Waals surface area (Å²) in [4.78, 5) is 21.6. The predicted octanol–water partition coefficient (Wildman–Crippen LogP) is 3.43. The zero-order valence-electron chi connectivity index (χ0n) is 18.6. The normalized spacial score (nSPS) is 16.0. The van der Waals surface area contributed by atoms with Gasteiger partial charge >= 0.3 is 0 Å². The molecule has 9 nitrogen and oxygen atoms in total. The Hall–Kier alpha value is -3.11. The molecule has 1 aliphatic rings. The molecular weight excluding hydrogens is 442 g/mol. The first-order valence-electron chi connectivity index (χ1n) is 11.0. The third-order valence-electron chi connectivity index (χ3n) is 5.65. The van der Waals surface area contributed by atoms with Crippen molar-refractivity contribution in [3.8, 4) is 11.4 Å². The minimum atomic E-state index is -3.63. The summed E-state index contributed by atoms with van der Waals surface area (Å²) in [7, 11) is -3.63. The molecule has 33 heavy (non-hydrogen) atoms. The van der Waals surface area contributed by atoms with Crippen LogP contribution in [0.2, 0.25) is 0 Å². The maximum absolute atomic E-state index is 13.0. The fraction of sp³-hybridized carbons (Fsp3) is 0.391. The van der Waals surface area contributed by atoms with Crippen LogP contribution >= 0.6 is 0 Å². The Morgan fingerprint density at radius 2 is 1.82 bits per heavy atom. The zero-order chi connectivity index (χ0) is 23.4. The van der Waals surface area contributed by atoms with Gasteiger partial charge in [-0.2, -0.15) is 9.29 Å². The standard InChI is InChI=1S/C23H27N5O4S/c1-16(2)20(23-26-21(27-32-23)17-9-11-24-12-10-17)25-22(29)18-7-6-8-19(15-18)33(30,31)28-13-4-3-5-14-28/h6-12,15-16,20H,3-5,13-14H2,1-2H3,(H,25,29). The summed E-state index contributed by atoms with van der Waals surface area (Å²) >= 11 is 0. The second-order valence-corrected chi connectivity index (χ2v) is 10.3. The minimum absolute atomic E-state index is 0.0417. The second kappa shape index (κ2) is 9.80. The molecule has 174 valence electrons. The Kier molecular flexibility index (Phi) is 6.85. The Balaban J connectivity index is 1.54. The highest BCUT2D eigenvalue weighted by Gasteiger charge is 2.28. The number of nitrogens with one attached hydrogen (secondary N) is 1. The minimum Gasteiger partial charge on any atom is -0.340 e. The van der Waals surface area contributed by atoms with Crippen LogP contribution in [0.5, 0.6) is 0 Å². The quantitative estimate of drug-likeness (QED) is 0.563. The van der Waals surface area contributed by atoms with Gasteiger partial charge in [-0.05, 0) is 49.1 Å². The number of hydrogen-bond donors (Lipinski definition) is 1. The molecule has 1 fully saturated rings. The van der Waals surface area contributed by atoms with Crippen LogP contribution in [0.15, 0.2) is 58.2 Å². The van der Waals surface area contributed by atoms with E-state index in [2.05, 4.69) is 20.4 Å². The smallest absolute Gasteiger partial charge is 0.251 e. The lowest BCUT2D eigenvalue weighted by Crippen LogP contribution is -2.36. The summed E-state index contributed by atoms with van der Waals surface area (Å²) in [6.45, 7) is 4.87. The Morgan fingerprint density at radius 1 is 1.09 bits per heavy atom. The predicted molar refractivity (Wildman–Crippen MR) is 122 cm³/mol. The molecule has 0 aliphatic carbocycles. The lowest BCUT2D eigenvalue weighted by Gasteiger charge is -2.26. The van der Waals surface area contributed by atoms with E-state index in [4.69, 9.17) is 4.52 Å². The molecule has 10 heteroatoms. The molecule has 1 saturated heterocycles. The van der Waals surface area contributed by atoms with Gasteiger partial charge in [0.2, 0.25) is 21.7 Å². The lowest BCUT2D eigenvalue weighted by molar-refractivity contribution is 0.0913. The summed E-state index contributed by atoms with van der Waals surface area (Å²) in [5.74, 6) is 0.234. The maximum Gasteiger partial charge on any atom is 0.251 e. The molecule has 4 rings (SSSR count). The van der Waals surface area contributed by atoms with Gasteiger partial charge in [-0.3, -0.25) is 9.78 Å². The van der Waals surface area contributed by atoms with Gasteiger partial charge in [0.1, 0.15) is 6.04 Å². The lowest BCUT2D eigenvalue weighted by atomic mass is 10.0. The topological polar surface area (TPSA) is 118 Å². The van der Waals surface area contributed by atoms with Crippen LogP contribution in [-0.2, 0) is 10.0 Å². The molecule has 1 unspecified atom stereocenters.